The number of likely N-dealkylation sites (N-methyl/N-ethyl adjacent to an activating group) is 1. The van der Waals surface area contributed by atoms with Crippen molar-refractivity contribution < 1.29 is 70.4 Å². The normalized spacial score (nSPS) is 26.4. The maximum Gasteiger partial charge on any atom is 0.397 e. The number of nitrogens with one attached hydrogen (secondary N) is 4. The SMILES string of the molecule is CC[C@H](C)[C@@H]1NC(=O)C(Cc2ccccc2)N(C)C(=O)[C@H]([C@@H](C)CC)N2C(=O)[C@H](CC[C@H]2O)NC(=O)[C@H](CCc2ccc(O)cc2)NC(=O)[C@@H](NC(=O)[C@@H](COS(=O)(=O)O)OC)[C@@H](C)OC1=O. The van der Waals surface area contributed by atoms with Crippen molar-refractivity contribution in [3.05, 3.63) is 65.7 Å². The molecule has 370 valence electrons. The average molecular weight is 961 g/mol. The molecule has 0 aromatic heterocycles. The number of aliphatic hydroxyl groups is 1. The van der Waals surface area contributed by atoms with E-state index in [9.17, 15) is 52.2 Å². The third kappa shape index (κ3) is 14.7. The molecule has 6 amide bonds. The van der Waals surface area contributed by atoms with Crippen molar-refractivity contribution in [1.82, 2.24) is 31.1 Å². The van der Waals surface area contributed by atoms with Crippen LogP contribution in [0.4, 0.5) is 0 Å². The number of carbonyl (C=O) groups excluding carboxylic acids is 7. The van der Waals surface area contributed by atoms with Crippen LogP contribution in [0.5, 0.6) is 5.75 Å². The number of esters is 1. The van der Waals surface area contributed by atoms with E-state index >= 15 is 0 Å². The Labute approximate surface area is 390 Å². The predicted molar refractivity (Wildman–Crippen MR) is 239 cm³/mol. The molecular formula is C45H64N6O15S. The van der Waals surface area contributed by atoms with Crippen LogP contribution < -0.4 is 21.3 Å². The van der Waals surface area contributed by atoms with Gasteiger partial charge in [-0.15, -0.1) is 0 Å². The third-order valence-electron chi connectivity index (χ3n) is 12.4. The molecule has 7 N–H and O–H groups in total. The molecule has 22 heteroatoms. The van der Waals surface area contributed by atoms with Crippen molar-refractivity contribution in [3.63, 3.8) is 0 Å². The van der Waals surface area contributed by atoms with Crippen LogP contribution in [0.3, 0.4) is 0 Å². The first-order chi connectivity index (χ1) is 31.6. The summed E-state index contributed by atoms with van der Waals surface area (Å²) in [6.07, 6.45) is -4.31. The van der Waals surface area contributed by atoms with Crippen molar-refractivity contribution in [2.24, 2.45) is 11.8 Å². The molecule has 2 fully saturated rings. The molecule has 2 aromatic rings. The molecule has 2 saturated heterocycles. The number of cyclic esters (lactones) is 1. The number of amides is 6. The van der Waals surface area contributed by atoms with Crippen LogP contribution in [0.25, 0.3) is 0 Å². The number of methoxy groups -OCH3 is 1. The number of ether oxygens (including phenoxy) is 2. The summed E-state index contributed by atoms with van der Waals surface area (Å²) in [5.74, 6) is -7.64. The molecule has 2 aromatic carbocycles. The Kier molecular flexibility index (Phi) is 19.6. The number of fused-ring (bicyclic) bond motifs is 2. The molecule has 2 heterocycles. The number of phenols is 1. The minimum absolute atomic E-state index is 0.0232. The summed E-state index contributed by atoms with van der Waals surface area (Å²) in [7, 11) is -2.64. The van der Waals surface area contributed by atoms with Crippen molar-refractivity contribution in [2.45, 2.75) is 134 Å². The monoisotopic (exact) mass is 960 g/mol. The number of rotatable bonds is 15. The van der Waals surface area contributed by atoms with Crippen molar-refractivity contribution in [2.75, 3.05) is 20.8 Å². The van der Waals surface area contributed by atoms with Gasteiger partial charge < -0.3 is 50.8 Å². The number of nitrogens with zero attached hydrogens (tertiary/aromatic N) is 2. The first-order valence-electron chi connectivity index (χ1n) is 22.3. The average Bonchev–Trinajstić information content (AvgIpc) is 3.29. The summed E-state index contributed by atoms with van der Waals surface area (Å²) in [5.41, 5.74) is 1.28. The molecular weight excluding hydrogens is 897 g/mol. The summed E-state index contributed by atoms with van der Waals surface area (Å²) in [6, 6.07) is 6.14. The van der Waals surface area contributed by atoms with Gasteiger partial charge in [-0.2, -0.15) is 8.42 Å². The van der Waals surface area contributed by atoms with Gasteiger partial charge in [-0.25, -0.2) is 8.98 Å². The zero-order valence-electron chi connectivity index (χ0n) is 38.7. The molecule has 2 aliphatic heterocycles. The van der Waals surface area contributed by atoms with Crippen LogP contribution in [-0.4, -0.2) is 150 Å². The molecule has 11 atom stereocenters. The van der Waals surface area contributed by atoms with E-state index in [0.717, 1.165) is 12.0 Å². The maximum atomic E-state index is 14.9. The highest BCUT2D eigenvalue weighted by Gasteiger charge is 2.47. The van der Waals surface area contributed by atoms with Gasteiger partial charge in [0.15, 0.2) is 6.10 Å². The second-order valence-electron chi connectivity index (χ2n) is 17.1. The lowest BCUT2D eigenvalue weighted by atomic mass is 9.91. The van der Waals surface area contributed by atoms with E-state index < -0.39 is 125 Å². The Hall–Kier alpha value is -5.68. The van der Waals surface area contributed by atoms with Crippen LogP contribution in [0.2, 0.25) is 0 Å². The molecule has 0 radical (unpaired) electrons. The number of carbonyl (C=O) groups is 7. The molecule has 0 spiro atoms. The molecule has 4 rings (SSSR count). The van der Waals surface area contributed by atoms with Gasteiger partial charge in [0, 0.05) is 20.6 Å². The Balaban J connectivity index is 1.88. The van der Waals surface area contributed by atoms with E-state index in [0.29, 0.717) is 24.0 Å². The Morgan fingerprint density at radius 1 is 0.881 bits per heavy atom. The number of aromatic hydroxyl groups is 1. The van der Waals surface area contributed by atoms with Crippen LogP contribution in [-0.2, 0) is 70.5 Å². The van der Waals surface area contributed by atoms with Crippen molar-refractivity contribution in [1.29, 1.82) is 0 Å². The van der Waals surface area contributed by atoms with Crippen LogP contribution in [0.15, 0.2) is 54.6 Å². The Bertz CT molecular complexity index is 2160. The molecule has 0 saturated carbocycles. The number of hydrogen-bond donors (Lipinski definition) is 7. The highest BCUT2D eigenvalue weighted by Crippen LogP contribution is 2.28. The summed E-state index contributed by atoms with van der Waals surface area (Å²) in [5, 5.41) is 31.7. The molecule has 2 bridgehead atoms. The van der Waals surface area contributed by atoms with Crippen LogP contribution in [0, 0.1) is 11.8 Å². The fourth-order valence-electron chi connectivity index (χ4n) is 7.89. The van der Waals surface area contributed by atoms with E-state index in [1.54, 1.807) is 70.2 Å². The topological polar surface area (TPSA) is 297 Å². The Morgan fingerprint density at radius 2 is 1.52 bits per heavy atom. The smallest absolute Gasteiger partial charge is 0.397 e. The summed E-state index contributed by atoms with van der Waals surface area (Å²) < 4.78 is 47.1. The lowest BCUT2D eigenvalue weighted by molar-refractivity contribution is -0.168. The standard InChI is InChI=1S/C45H64N6O15S/c1-8-25(3)36-45(60)66-27(5)37(49-41(56)34(64-7)24-65-67(61,62)63)42(57)46-31(20-17-28-15-18-30(52)19-16-28)39(54)47-32-21-22-35(53)51(43(32)58)38(26(4)9-2)44(59)50(6)33(40(55)48-36)23-29-13-11-10-12-14-29/h10-16,18-19,25-27,31-38,52-53H,8-9,17,20-24H2,1-7H3,(H,46,57)(H,47,54)(H,48,55)(H,49,56)(H,61,62,63)/t25-,26-,27+,31-,32-,33?,34+,35+,36-,37-,38-/m0/s1. The van der Waals surface area contributed by atoms with Gasteiger partial charge >= 0.3 is 16.4 Å². The zero-order valence-corrected chi connectivity index (χ0v) is 39.6. The Morgan fingerprint density at radius 3 is 2.12 bits per heavy atom. The van der Waals surface area contributed by atoms with Gasteiger partial charge in [-0.3, -0.25) is 33.3 Å². The summed E-state index contributed by atoms with van der Waals surface area (Å²) in [6.45, 7) is 7.14. The lowest BCUT2D eigenvalue weighted by Gasteiger charge is -2.44. The largest absolute Gasteiger partial charge is 0.508 e. The summed E-state index contributed by atoms with van der Waals surface area (Å²) in [4.78, 5) is 103. The number of aliphatic hydroxyl groups excluding tert-OH is 1. The highest BCUT2D eigenvalue weighted by molar-refractivity contribution is 7.80. The fourth-order valence-corrected chi connectivity index (χ4v) is 8.18. The van der Waals surface area contributed by atoms with Gasteiger partial charge in [0.2, 0.25) is 29.5 Å². The van der Waals surface area contributed by atoms with E-state index in [1.807, 2.05) is 0 Å². The third-order valence-corrected chi connectivity index (χ3v) is 12.8. The van der Waals surface area contributed by atoms with E-state index in [1.165, 1.54) is 31.0 Å². The second-order valence-corrected chi connectivity index (χ2v) is 18.1. The van der Waals surface area contributed by atoms with Gasteiger partial charge in [-0.05, 0) is 67.7 Å². The molecule has 21 nitrogen and oxygen atoms in total. The molecule has 67 heavy (non-hydrogen) atoms. The first-order valence-corrected chi connectivity index (χ1v) is 23.6. The first kappa shape index (κ1) is 53.9. The van der Waals surface area contributed by atoms with Crippen LogP contribution in [0.1, 0.15) is 77.8 Å². The number of benzene rings is 2. The van der Waals surface area contributed by atoms with Crippen molar-refractivity contribution in [3.8, 4) is 5.75 Å². The number of phenolic OH excluding ortho intramolecular Hbond substituents is 1. The number of aryl methyl sites for hydroxylation is 1. The zero-order chi connectivity index (χ0) is 49.7. The van der Waals surface area contributed by atoms with Gasteiger partial charge in [0.25, 0.3) is 5.91 Å². The summed E-state index contributed by atoms with van der Waals surface area (Å²) >= 11 is 0. The van der Waals surface area contributed by atoms with Crippen LogP contribution >= 0.6 is 0 Å². The minimum atomic E-state index is -5.05. The minimum Gasteiger partial charge on any atom is -0.508 e. The van der Waals surface area contributed by atoms with Gasteiger partial charge in [0.1, 0.15) is 60.9 Å². The van der Waals surface area contributed by atoms with E-state index in [4.69, 9.17) is 14.0 Å². The predicted octanol–water partition coefficient (Wildman–Crippen LogP) is 0.515. The van der Waals surface area contributed by atoms with Gasteiger partial charge in [-0.1, -0.05) is 83.0 Å². The highest BCUT2D eigenvalue weighted by atomic mass is 32.3. The molecule has 0 aliphatic carbocycles. The van der Waals surface area contributed by atoms with E-state index in [2.05, 4.69) is 25.5 Å². The quantitative estimate of drug-likeness (QED) is 0.0946. The van der Waals surface area contributed by atoms with Gasteiger partial charge in [0.05, 0.1) is 0 Å². The molecule has 1 unspecified atom stereocenters. The maximum absolute atomic E-state index is 14.9. The van der Waals surface area contributed by atoms with E-state index in [-0.39, 0.29) is 37.9 Å². The number of hydrogen-bond acceptors (Lipinski definition) is 14. The molecule has 2 aliphatic rings. The lowest BCUT2D eigenvalue weighted by Crippen LogP contribution is -2.66. The number of piperidine rings is 1. The fraction of sp³-hybridized carbons (Fsp3) is 0.578. The second kappa shape index (κ2) is 24.4. The van der Waals surface area contributed by atoms with Crippen molar-refractivity contribution >= 4 is 51.8 Å².